The smallest absolute Gasteiger partial charge is 0.245 e. The van der Waals surface area contributed by atoms with Crippen LogP contribution in [0.2, 0.25) is 5.02 Å². The summed E-state index contributed by atoms with van der Waals surface area (Å²) in [5, 5.41) is 3.62. The molecule has 1 aromatic carbocycles. The number of amides is 2. The largest absolute Gasteiger partial charge is 0.354 e. The summed E-state index contributed by atoms with van der Waals surface area (Å²) in [6.45, 7) is 1.41. The standard InChI is InChI=1S/C17H21ClN2O2/c18-14-6-2-1-5-13(14)7-8-15(21)20-12-4-10-17(20)9-3-11-19-16(17)22/h1-2,5-6H,3-4,7-12H2,(H,19,22). The van der Waals surface area contributed by atoms with E-state index in [-0.39, 0.29) is 11.8 Å². The van der Waals surface area contributed by atoms with Crippen molar-refractivity contribution in [3.63, 3.8) is 0 Å². The fourth-order valence-corrected chi connectivity index (χ4v) is 3.91. The van der Waals surface area contributed by atoms with Gasteiger partial charge in [-0.2, -0.15) is 0 Å². The van der Waals surface area contributed by atoms with Crippen LogP contribution in [0.1, 0.15) is 37.7 Å². The number of rotatable bonds is 3. The number of aryl methyl sites for hydroxylation is 1. The Bertz CT molecular complexity index is 590. The summed E-state index contributed by atoms with van der Waals surface area (Å²) in [6, 6.07) is 7.60. The zero-order valence-electron chi connectivity index (χ0n) is 12.6. The van der Waals surface area contributed by atoms with Gasteiger partial charge in [-0.3, -0.25) is 9.59 Å². The maximum atomic E-state index is 12.7. The van der Waals surface area contributed by atoms with E-state index in [1.165, 1.54) is 0 Å². The molecule has 1 N–H and O–H groups in total. The molecule has 1 aromatic rings. The van der Waals surface area contributed by atoms with E-state index >= 15 is 0 Å². The minimum Gasteiger partial charge on any atom is -0.354 e. The van der Waals surface area contributed by atoms with E-state index < -0.39 is 5.54 Å². The van der Waals surface area contributed by atoms with Gasteiger partial charge in [-0.15, -0.1) is 0 Å². The van der Waals surface area contributed by atoms with Crippen molar-refractivity contribution in [2.45, 2.75) is 44.1 Å². The van der Waals surface area contributed by atoms with Crippen LogP contribution >= 0.6 is 11.6 Å². The monoisotopic (exact) mass is 320 g/mol. The molecule has 3 rings (SSSR count). The molecule has 0 radical (unpaired) electrons. The molecule has 1 unspecified atom stereocenters. The van der Waals surface area contributed by atoms with Crippen LogP contribution in [0.4, 0.5) is 0 Å². The molecule has 4 nitrogen and oxygen atoms in total. The van der Waals surface area contributed by atoms with Crippen molar-refractivity contribution >= 4 is 23.4 Å². The van der Waals surface area contributed by atoms with Crippen molar-refractivity contribution < 1.29 is 9.59 Å². The van der Waals surface area contributed by atoms with Crippen LogP contribution in [-0.4, -0.2) is 35.3 Å². The summed E-state index contributed by atoms with van der Waals surface area (Å²) in [5.74, 6) is 0.0943. The third-order valence-electron chi connectivity index (χ3n) is 4.83. The lowest BCUT2D eigenvalue weighted by atomic mass is 9.86. The molecule has 1 spiro atoms. The van der Waals surface area contributed by atoms with Gasteiger partial charge in [0.2, 0.25) is 11.8 Å². The molecular weight excluding hydrogens is 300 g/mol. The Morgan fingerprint density at radius 1 is 1.27 bits per heavy atom. The molecule has 22 heavy (non-hydrogen) atoms. The van der Waals surface area contributed by atoms with Gasteiger partial charge in [-0.1, -0.05) is 29.8 Å². The molecule has 0 aromatic heterocycles. The number of hydrogen-bond acceptors (Lipinski definition) is 2. The molecule has 0 bridgehead atoms. The number of halogens is 1. The number of carbonyl (C=O) groups is 2. The number of benzene rings is 1. The highest BCUT2D eigenvalue weighted by molar-refractivity contribution is 6.31. The van der Waals surface area contributed by atoms with Gasteiger partial charge >= 0.3 is 0 Å². The summed E-state index contributed by atoms with van der Waals surface area (Å²) in [6.07, 6.45) is 4.45. The molecule has 1 atom stereocenters. The number of hydrogen-bond donors (Lipinski definition) is 1. The predicted molar refractivity (Wildman–Crippen MR) is 85.7 cm³/mol. The van der Waals surface area contributed by atoms with Crippen LogP contribution in [0.3, 0.4) is 0 Å². The molecule has 0 saturated carbocycles. The van der Waals surface area contributed by atoms with Crippen LogP contribution in [0.15, 0.2) is 24.3 Å². The highest BCUT2D eigenvalue weighted by Crippen LogP contribution is 2.36. The van der Waals surface area contributed by atoms with Crippen molar-refractivity contribution in [1.82, 2.24) is 10.2 Å². The number of piperidine rings is 1. The maximum Gasteiger partial charge on any atom is 0.245 e. The van der Waals surface area contributed by atoms with Crippen molar-refractivity contribution in [1.29, 1.82) is 0 Å². The van der Waals surface area contributed by atoms with Crippen molar-refractivity contribution in [2.24, 2.45) is 0 Å². The third kappa shape index (κ3) is 2.72. The lowest BCUT2D eigenvalue weighted by molar-refractivity contribution is -0.147. The number of nitrogens with zero attached hydrogens (tertiary/aromatic N) is 1. The first kappa shape index (κ1) is 15.3. The van der Waals surface area contributed by atoms with E-state index in [0.29, 0.717) is 24.4 Å². The zero-order chi connectivity index (χ0) is 15.6. The molecule has 2 aliphatic heterocycles. The van der Waals surface area contributed by atoms with Crippen LogP contribution in [-0.2, 0) is 16.0 Å². The van der Waals surface area contributed by atoms with Gasteiger partial charge in [0, 0.05) is 24.5 Å². The molecule has 2 amide bonds. The van der Waals surface area contributed by atoms with Crippen molar-refractivity contribution in [3.8, 4) is 0 Å². The van der Waals surface area contributed by atoms with Crippen LogP contribution < -0.4 is 5.32 Å². The summed E-state index contributed by atoms with van der Waals surface area (Å²) >= 11 is 6.14. The number of nitrogens with one attached hydrogen (secondary N) is 1. The Balaban J connectivity index is 1.69. The zero-order valence-corrected chi connectivity index (χ0v) is 13.4. The van der Waals surface area contributed by atoms with Crippen molar-refractivity contribution in [3.05, 3.63) is 34.9 Å². The van der Waals surface area contributed by atoms with Gasteiger partial charge in [-0.05, 0) is 43.7 Å². The molecule has 2 heterocycles. The Kier molecular flexibility index (Phi) is 4.39. The summed E-state index contributed by atoms with van der Waals surface area (Å²) in [4.78, 5) is 26.8. The average Bonchev–Trinajstić information content (AvgIpc) is 2.94. The average molecular weight is 321 g/mol. The molecule has 5 heteroatoms. The first-order chi connectivity index (χ1) is 10.6. The van der Waals surface area contributed by atoms with E-state index in [4.69, 9.17) is 11.6 Å². The van der Waals surface area contributed by atoms with E-state index in [1.54, 1.807) is 0 Å². The molecule has 2 saturated heterocycles. The van der Waals surface area contributed by atoms with Gasteiger partial charge in [0.25, 0.3) is 0 Å². The molecular formula is C17H21ClN2O2. The van der Waals surface area contributed by atoms with E-state index in [2.05, 4.69) is 5.32 Å². The minimum absolute atomic E-state index is 0.0299. The van der Waals surface area contributed by atoms with Gasteiger partial charge in [0.15, 0.2) is 0 Å². The number of carbonyl (C=O) groups excluding carboxylic acids is 2. The van der Waals surface area contributed by atoms with E-state index in [1.807, 2.05) is 29.2 Å². The fourth-order valence-electron chi connectivity index (χ4n) is 3.68. The van der Waals surface area contributed by atoms with Gasteiger partial charge in [-0.25, -0.2) is 0 Å². The number of likely N-dealkylation sites (tertiary alicyclic amines) is 1. The second-order valence-electron chi connectivity index (χ2n) is 6.13. The Morgan fingerprint density at radius 3 is 2.82 bits per heavy atom. The van der Waals surface area contributed by atoms with Gasteiger partial charge < -0.3 is 10.2 Å². The van der Waals surface area contributed by atoms with Gasteiger partial charge in [0.1, 0.15) is 5.54 Å². The van der Waals surface area contributed by atoms with E-state index in [9.17, 15) is 9.59 Å². The lowest BCUT2D eigenvalue weighted by Gasteiger charge is -2.40. The Labute approximate surface area is 135 Å². The predicted octanol–water partition coefficient (Wildman–Crippen LogP) is 2.54. The second kappa shape index (κ2) is 6.29. The SMILES string of the molecule is O=C(CCc1ccccc1Cl)N1CCCC12CCCNC2=O. The Morgan fingerprint density at radius 2 is 2.05 bits per heavy atom. The molecule has 2 aliphatic rings. The Hall–Kier alpha value is -1.55. The lowest BCUT2D eigenvalue weighted by Crippen LogP contribution is -2.60. The molecule has 118 valence electrons. The van der Waals surface area contributed by atoms with Crippen molar-refractivity contribution in [2.75, 3.05) is 13.1 Å². The topological polar surface area (TPSA) is 49.4 Å². The first-order valence-electron chi connectivity index (χ1n) is 7.96. The van der Waals surface area contributed by atoms with E-state index in [0.717, 1.165) is 37.8 Å². The summed E-state index contributed by atoms with van der Waals surface area (Å²) in [7, 11) is 0. The minimum atomic E-state index is -0.587. The highest BCUT2D eigenvalue weighted by Gasteiger charge is 2.50. The molecule has 2 fully saturated rings. The van der Waals surface area contributed by atoms with Crippen LogP contribution in [0.25, 0.3) is 0 Å². The first-order valence-corrected chi connectivity index (χ1v) is 8.33. The maximum absolute atomic E-state index is 12.7. The fraction of sp³-hybridized carbons (Fsp3) is 0.529. The van der Waals surface area contributed by atoms with Gasteiger partial charge in [0.05, 0.1) is 0 Å². The summed E-state index contributed by atoms with van der Waals surface area (Å²) < 4.78 is 0. The molecule has 0 aliphatic carbocycles. The quantitative estimate of drug-likeness (QED) is 0.930. The second-order valence-corrected chi connectivity index (χ2v) is 6.54. The third-order valence-corrected chi connectivity index (χ3v) is 5.20. The van der Waals surface area contributed by atoms with Crippen LogP contribution in [0.5, 0.6) is 0 Å². The van der Waals surface area contributed by atoms with Crippen LogP contribution in [0, 0.1) is 0 Å². The highest BCUT2D eigenvalue weighted by atomic mass is 35.5. The summed E-state index contributed by atoms with van der Waals surface area (Å²) in [5.41, 5.74) is 0.398. The normalized spacial score (nSPS) is 24.6.